The van der Waals surface area contributed by atoms with Crippen LogP contribution in [0.4, 0.5) is 4.39 Å². The highest BCUT2D eigenvalue weighted by Gasteiger charge is 2.04. The molecule has 15 heavy (non-hydrogen) atoms. The molecular weight excluding hydrogens is 197 g/mol. The van der Waals surface area contributed by atoms with E-state index in [0.29, 0.717) is 12.0 Å². The number of halogens is 1. The number of benzene rings is 1. The number of hydrogen-bond acceptors (Lipinski definition) is 2. The zero-order valence-corrected chi connectivity index (χ0v) is 8.37. The number of aliphatic hydroxyl groups is 1. The van der Waals surface area contributed by atoms with Gasteiger partial charge in [0.2, 0.25) is 5.91 Å². The highest BCUT2D eigenvalue weighted by atomic mass is 19.1. The first-order chi connectivity index (χ1) is 7.24. The zero-order chi connectivity index (χ0) is 11.1. The number of amides is 1. The monoisotopic (exact) mass is 211 g/mol. The van der Waals surface area contributed by atoms with Crippen molar-refractivity contribution in [3.05, 3.63) is 35.6 Å². The van der Waals surface area contributed by atoms with Crippen LogP contribution in [-0.2, 0) is 11.2 Å². The molecule has 0 saturated heterocycles. The molecule has 3 nitrogen and oxygen atoms in total. The summed E-state index contributed by atoms with van der Waals surface area (Å²) in [6.45, 7) is 0.168. The summed E-state index contributed by atoms with van der Waals surface area (Å²) in [7, 11) is 0. The summed E-state index contributed by atoms with van der Waals surface area (Å²) in [6.07, 6.45) is 0.616. The van der Waals surface area contributed by atoms with E-state index in [1.165, 1.54) is 6.07 Å². The number of rotatable bonds is 5. The Bertz CT molecular complexity index is 328. The van der Waals surface area contributed by atoms with Gasteiger partial charge < -0.3 is 10.4 Å². The van der Waals surface area contributed by atoms with Crippen molar-refractivity contribution in [3.8, 4) is 0 Å². The van der Waals surface area contributed by atoms with Gasteiger partial charge in [0.1, 0.15) is 5.82 Å². The topological polar surface area (TPSA) is 49.3 Å². The molecule has 0 spiro atoms. The standard InChI is InChI=1S/C11H14FNO2/c12-10-4-2-1-3-9(10)5-6-11(15)13-7-8-14/h1-4,14H,5-8H2,(H,13,15). The molecule has 82 valence electrons. The molecule has 0 aliphatic carbocycles. The van der Waals surface area contributed by atoms with Crippen LogP contribution in [0.1, 0.15) is 12.0 Å². The van der Waals surface area contributed by atoms with Crippen molar-refractivity contribution in [2.75, 3.05) is 13.2 Å². The minimum absolute atomic E-state index is 0.0779. The van der Waals surface area contributed by atoms with Gasteiger partial charge in [-0.3, -0.25) is 4.79 Å². The van der Waals surface area contributed by atoms with Gasteiger partial charge in [0.05, 0.1) is 6.61 Å². The third-order valence-corrected chi connectivity index (χ3v) is 2.01. The van der Waals surface area contributed by atoms with Crippen molar-refractivity contribution in [2.24, 2.45) is 0 Å². The van der Waals surface area contributed by atoms with Gasteiger partial charge in [-0.2, -0.15) is 0 Å². The molecule has 0 aliphatic heterocycles. The van der Waals surface area contributed by atoms with E-state index in [4.69, 9.17) is 5.11 Å². The molecule has 0 atom stereocenters. The fourth-order valence-electron chi connectivity index (χ4n) is 1.23. The van der Waals surface area contributed by atoms with Crippen LogP contribution in [0.3, 0.4) is 0 Å². The molecule has 0 fully saturated rings. The van der Waals surface area contributed by atoms with E-state index in [0.717, 1.165) is 0 Å². The van der Waals surface area contributed by atoms with Crippen LogP contribution < -0.4 is 5.32 Å². The summed E-state index contributed by atoms with van der Waals surface area (Å²) in [4.78, 5) is 11.1. The number of carbonyl (C=O) groups is 1. The Hall–Kier alpha value is -1.42. The minimum Gasteiger partial charge on any atom is -0.395 e. The van der Waals surface area contributed by atoms with E-state index in [9.17, 15) is 9.18 Å². The lowest BCUT2D eigenvalue weighted by Crippen LogP contribution is -2.26. The Kier molecular flexibility index (Phi) is 4.77. The molecule has 0 aromatic heterocycles. The van der Waals surface area contributed by atoms with Gasteiger partial charge in [-0.1, -0.05) is 18.2 Å². The largest absolute Gasteiger partial charge is 0.395 e. The van der Waals surface area contributed by atoms with E-state index in [1.807, 2.05) is 0 Å². The Morgan fingerprint density at radius 1 is 1.40 bits per heavy atom. The van der Waals surface area contributed by atoms with Gasteiger partial charge in [-0.15, -0.1) is 0 Å². The maximum Gasteiger partial charge on any atom is 0.220 e. The van der Waals surface area contributed by atoms with Gasteiger partial charge in [-0.05, 0) is 18.1 Å². The molecule has 1 rings (SSSR count). The molecule has 0 unspecified atom stereocenters. The molecule has 1 aromatic carbocycles. The van der Waals surface area contributed by atoms with Crippen LogP contribution in [0.15, 0.2) is 24.3 Å². The third kappa shape index (κ3) is 4.08. The van der Waals surface area contributed by atoms with Crippen LogP contribution in [-0.4, -0.2) is 24.2 Å². The Labute approximate surface area is 87.9 Å². The second-order valence-electron chi connectivity index (χ2n) is 3.16. The molecule has 0 radical (unpaired) electrons. The van der Waals surface area contributed by atoms with E-state index in [-0.39, 0.29) is 31.3 Å². The normalized spacial score (nSPS) is 10.0. The number of nitrogens with one attached hydrogen (secondary N) is 1. The summed E-state index contributed by atoms with van der Waals surface area (Å²) in [6, 6.07) is 6.39. The highest BCUT2D eigenvalue weighted by Crippen LogP contribution is 2.08. The maximum atomic E-state index is 13.1. The van der Waals surface area contributed by atoms with Crippen LogP contribution in [0, 0.1) is 5.82 Å². The van der Waals surface area contributed by atoms with Gasteiger partial charge in [-0.25, -0.2) is 4.39 Å². The Morgan fingerprint density at radius 2 is 2.13 bits per heavy atom. The molecule has 4 heteroatoms. The number of aliphatic hydroxyl groups excluding tert-OH is 1. The van der Waals surface area contributed by atoms with E-state index in [1.54, 1.807) is 18.2 Å². The molecule has 0 aliphatic rings. The van der Waals surface area contributed by atoms with Crippen molar-refractivity contribution in [1.29, 1.82) is 0 Å². The van der Waals surface area contributed by atoms with E-state index in [2.05, 4.69) is 5.32 Å². The lowest BCUT2D eigenvalue weighted by atomic mass is 10.1. The van der Waals surface area contributed by atoms with Crippen LogP contribution in [0.5, 0.6) is 0 Å². The Morgan fingerprint density at radius 3 is 2.80 bits per heavy atom. The molecule has 0 bridgehead atoms. The fraction of sp³-hybridized carbons (Fsp3) is 0.364. The summed E-state index contributed by atoms with van der Waals surface area (Å²) in [5.41, 5.74) is 0.539. The summed E-state index contributed by atoms with van der Waals surface area (Å²) < 4.78 is 13.1. The molecule has 0 saturated carbocycles. The second-order valence-corrected chi connectivity index (χ2v) is 3.16. The van der Waals surface area contributed by atoms with Gasteiger partial charge in [0.15, 0.2) is 0 Å². The summed E-state index contributed by atoms with van der Waals surface area (Å²) in [5.74, 6) is -0.459. The third-order valence-electron chi connectivity index (χ3n) is 2.01. The molecular formula is C11H14FNO2. The van der Waals surface area contributed by atoms with E-state index >= 15 is 0 Å². The predicted octanol–water partition coefficient (Wildman–Crippen LogP) is 0.867. The first kappa shape index (κ1) is 11.7. The zero-order valence-electron chi connectivity index (χ0n) is 8.37. The fourth-order valence-corrected chi connectivity index (χ4v) is 1.23. The number of aryl methyl sites for hydroxylation is 1. The average Bonchev–Trinajstić information content (AvgIpc) is 2.25. The minimum atomic E-state index is -0.285. The molecule has 1 aromatic rings. The Balaban J connectivity index is 2.37. The maximum absolute atomic E-state index is 13.1. The SMILES string of the molecule is O=C(CCc1ccccc1F)NCCO. The van der Waals surface area contributed by atoms with Gasteiger partial charge in [0.25, 0.3) is 0 Å². The lowest BCUT2D eigenvalue weighted by Gasteiger charge is -2.04. The van der Waals surface area contributed by atoms with Crippen LogP contribution >= 0.6 is 0 Å². The van der Waals surface area contributed by atoms with Crippen LogP contribution in [0.25, 0.3) is 0 Å². The quantitative estimate of drug-likeness (QED) is 0.759. The number of hydrogen-bond donors (Lipinski definition) is 2. The van der Waals surface area contributed by atoms with Gasteiger partial charge in [0, 0.05) is 13.0 Å². The van der Waals surface area contributed by atoms with Crippen LogP contribution in [0.2, 0.25) is 0 Å². The summed E-state index contributed by atoms with van der Waals surface area (Å²) >= 11 is 0. The summed E-state index contributed by atoms with van der Waals surface area (Å²) in [5, 5.41) is 11.0. The van der Waals surface area contributed by atoms with Crippen molar-refractivity contribution in [1.82, 2.24) is 5.32 Å². The first-order valence-corrected chi connectivity index (χ1v) is 4.85. The first-order valence-electron chi connectivity index (χ1n) is 4.85. The second kappa shape index (κ2) is 6.14. The molecule has 2 N–H and O–H groups in total. The predicted molar refractivity (Wildman–Crippen MR) is 54.8 cm³/mol. The van der Waals surface area contributed by atoms with Crippen molar-refractivity contribution in [3.63, 3.8) is 0 Å². The van der Waals surface area contributed by atoms with Gasteiger partial charge >= 0.3 is 0 Å². The van der Waals surface area contributed by atoms with Crippen molar-refractivity contribution < 1.29 is 14.3 Å². The lowest BCUT2D eigenvalue weighted by molar-refractivity contribution is -0.121. The number of carbonyl (C=O) groups excluding carboxylic acids is 1. The van der Waals surface area contributed by atoms with Crippen molar-refractivity contribution in [2.45, 2.75) is 12.8 Å². The average molecular weight is 211 g/mol. The van der Waals surface area contributed by atoms with E-state index < -0.39 is 0 Å². The molecule has 0 heterocycles. The smallest absolute Gasteiger partial charge is 0.220 e. The van der Waals surface area contributed by atoms with Crippen molar-refractivity contribution >= 4 is 5.91 Å². The molecule has 1 amide bonds. The highest BCUT2D eigenvalue weighted by molar-refractivity contribution is 5.76.